The number of carbonyl (C=O) groups is 1. The van der Waals surface area contributed by atoms with Gasteiger partial charge in [-0.25, -0.2) is 9.78 Å². The summed E-state index contributed by atoms with van der Waals surface area (Å²) >= 11 is 0. The molecule has 5 nitrogen and oxygen atoms in total. The third kappa shape index (κ3) is 2.95. The van der Waals surface area contributed by atoms with Crippen LogP contribution in [0.1, 0.15) is 10.4 Å². The summed E-state index contributed by atoms with van der Waals surface area (Å²) in [5.41, 5.74) is -0.120. The van der Waals surface area contributed by atoms with Gasteiger partial charge in [-0.2, -0.15) is 13.2 Å². The number of hydrogen-bond acceptors (Lipinski definition) is 4. The molecule has 0 bridgehead atoms. The molecule has 2 rings (SSSR count). The summed E-state index contributed by atoms with van der Waals surface area (Å²) in [6.07, 6.45) is -5.05. The van der Waals surface area contributed by atoms with Gasteiger partial charge in [0.15, 0.2) is 6.10 Å². The standard InChI is InChI=1S/C11H11F3N2O3/c12-11(13,14)8-6-16(4-5-19-8)9-7(10(17)18)2-1-3-15-9/h1-3,8H,4-6H2,(H,17,18)/t8-/m0/s1. The molecule has 1 atom stereocenters. The number of carboxylic acid groups (broad SMARTS) is 1. The first-order chi connectivity index (χ1) is 8.89. The minimum Gasteiger partial charge on any atom is -0.478 e. The fraction of sp³-hybridized carbons (Fsp3) is 0.455. The Morgan fingerprint density at radius 2 is 2.26 bits per heavy atom. The zero-order valence-electron chi connectivity index (χ0n) is 9.72. The minimum absolute atomic E-state index is 0.0348. The normalized spacial score (nSPS) is 20.4. The summed E-state index contributed by atoms with van der Waals surface area (Å²) in [6.45, 7) is -0.412. The number of rotatable bonds is 2. The molecule has 1 N–H and O–H groups in total. The molecular formula is C11H11F3N2O3. The van der Waals surface area contributed by atoms with E-state index in [0.717, 1.165) is 0 Å². The third-order valence-corrected chi connectivity index (χ3v) is 2.75. The van der Waals surface area contributed by atoms with Gasteiger partial charge in [-0.05, 0) is 12.1 Å². The Balaban J connectivity index is 2.25. The van der Waals surface area contributed by atoms with Crippen molar-refractivity contribution in [1.29, 1.82) is 0 Å². The lowest BCUT2D eigenvalue weighted by atomic mass is 10.2. The van der Waals surface area contributed by atoms with E-state index in [2.05, 4.69) is 9.72 Å². The largest absolute Gasteiger partial charge is 0.478 e. The van der Waals surface area contributed by atoms with Gasteiger partial charge < -0.3 is 14.7 Å². The molecule has 2 heterocycles. The monoisotopic (exact) mass is 276 g/mol. The van der Waals surface area contributed by atoms with Crippen LogP contribution in [-0.2, 0) is 4.74 Å². The Hall–Kier alpha value is -1.83. The van der Waals surface area contributed by atoms with E-state index in [0.29, 0.717) is 0 Å². The van der Waals surface area contributed by atoms with E-state index in [4.69, 9.17) is 5.11 Å². The topological polar surface area (TPSA) is 62.7 Å². The van der Waals surface area contributed by atoms with Crippen LogP contribution in [0.2, 0.25) is 0 Å². The summed E-state index contributed by atoms with van der Waals surface area (Å²) in [5.74, 6) is -1.19. The minimum atomic E-state index is -4.48. The average molecular weight is 276 g/mol. The predicted molar refractivity (Wildman–Crippen MR) is 59.2 cm³/mol. The molecule has 0 spiro atoms. The van der Waals surface area contributed by atoms with Gasteiger partial charge >= 0.3 is 12.1 Å². The predicted octanol–water partition coefficient (Wildman–Crippen LogP) is 1.55. The molecule has 0 saturated carbocycles. The molecule has 19 heavy (non-hydrogen) atoms. The first kappa shape index (κ1) is 13.6. The summed E-state index contributed by atoms with van der Waals surface area (Å²) in [5, 5.41) is 9.00. The number of alkyl halides is 3. The molecular weight excluding hydrogens is 265 g/mol. The van der Waals surface area contributed by atoms with E-state index in [9.17, 15) is 18.0 Å². The molecule has 1 aromatic heterocycles. The fourth-order valence-electron chi connectivity index (χ4n) is 1.86. The van der Waals surface area contributed by atoms with Gasteiger partial charge in [-0.15, -0.1) is 0 Å². The molecule has 0 unspecified atom stereocenters. The molecule has 1 saturated heterocycles. The highest BCUT2D eigenvalue weighted by Gasteiger charge is 2.44. The Bertz CT molecular complexity index is 478. The lowest BCUT2D eigenvalue weighted by Gasteiger charge is -2.34. The summed E-state index contributed by atoms with van der Waals surface area (Å²) in [6, 6.07) is 2.73. The van der Waals surface area contributed by atoms with Crippen LogP contribution in [0.4, 0.5) is 19.0 Å². The van der Waals surface area contributed by atoms with Crippen molar-refractivity contribution in [2.75, 3.05) is 24.6 Å². The van der Waals surface area contributed by atoms with Crippen LogP contribution >= 0.6 is 0 Å². The van der Waals surface area contributed by atoms with Crippen molar-refractivity contribution in [3.63, 3.8) is 0 Å². The van der Waals surface area contributed by atoms with Gasteiger partial charge in [0.2, 0.25) is 0 Å². The summed E-state index contributed by atoms with van der Waals surface area (Å²) in [7, 11) is 0. The fourth-order valence-corrected chi connectivity index (χ4v) is 1.86. The number of aromatic carboxylic acids is 1. The Labute approximate surface area is 106 Å². The van der Waals surface area contributed by atoms with E-state index in [1.54, 1.807) is 0 Å². The van der Waals surface area contributed by atoms with Gasteiger partial charge in [0.1, 0.15) is 11.4 Å². The van der Waals surface area contributed by atoms with Crippen LogP contribution in [0.3, 0.4) is 0 Å². The second-order valence-corrected chi connectivity index (χ2v) is 4.03. The Kier molecular flexibility index (Phi) is 3.61. The van der Waals surface area contributed by atoms with E-state index >= 15 is 0 Å². The molecule has 0 radical (unpaired) electrons. The second-order valence-electron chi connectivity index (χ2n) is 4.03. The van der Waals surface area contributed by atoms with Crippen LogP contribution in [0.25, 0.3) is 0 Å². The SMILES string of the molecule is O=C(O)c1cccnc1N1CCO[C@H](C(F)(F)F)C1. The summed E-state index contributed by atoms with van der Waals surface area (Å²) in [4.78, 5) is 16.2. The highest BCUT2D eigenvalue weighted by molar-refractivity contribution is 5.93. The first-order valence-corrected chi connectivity index (χ1v) is 5.51. The molecule has 0 amide bonds. The number of carboxylic acids is 1. The Morgan fingerprint density at radius 3 is 2.89 bits per heavy atom. The van der Waals surface area contributed by atoms with Gasteiger partial charge in [0.05, 0.1) is 13.2 Å². The molecule has 0 aromatic carbocycles. The first-order valence-electron chi connectivity index (χ1n) is 5.51. The lowest BCUT2D eigenvalue weighted by Crippen LogP contribution is -2.49. The number of nitrogens with zero attached hydrogens (tertiary/aromatic N) is 2. The number of anilines is 1. The highest BCUT2D eigenvalue weighted by atomic mass is 19.4. The average Bonchev–Trinajstić information content (AvgIpc) is 2.38. The van der Waals surface area contributed by atoms with Crippen LogP contribution in [-0.4, -0.2) is 48.0 Å². The zero-order chi connectivity index (χ0) is 14.0. The molecule has 0 aliphatic carbocycles. The maximum Gasteiger partial charge on any atom is 0.416 e. The molecule has 1 aromatic rings. The molecule has 8 heteroatoms. The van der Waals surface area contributed by atoms with Crippen LogP contribution < -0.4 is 4.90 Å². The highest BCUT2D eigenvalue weighted by Crippen LogP contribution is 2.28. The summed E-state index contributed by atoms with van der Waals surface area (Å²) < 4.78 is 42.5. The van der Waals surface area contributed by atoms with Crippen molar-refractivity contribution >= 4 is 11.8 Å². The van der Waals surface area contributed by atoms with Crippen LogP contribution in [0, 0.1) is 0 Å². The van der Waals surface area contributed by atoms with E-state index < -0.39 is 24.8 Å². The number of hydrogen-bond donors (Lipinski definition) is 1. The molecule has 1 fully saturated rings. The van der Waals surface area contributed by atoms with E-state index in [-0.39, 0.29) is 24.5 Å². The number of aromatic nitrogens is 1. The van der Waals surface area contributed by atoms with Crippen molar-refractivity contribution in [2.45, 2.75) is 12.3 Å². The molecule has 1 aliphatic heterocycles. The van der Waals surface area contributed by atoms with Crippen LogP contribution in [0.15, 0.2) is 18.3 Å². The molecule has 104 valence electrons. The number of halogens is 3. The van der Waals surface area contributed by atoms with Crippen molar-refractivity contribution < 1.29 is 27.8 Å². The molecule has 1 aliphatic rings. The van der Waals surface area contributed by atoms with E-state index in [1.807, 2.05) is 0 Å². The number of ether oxygens (including phenoxy) is 1. The second kappa shape index (κ2) is 5.04. The van der Waals surface area contributed by atoms with Crippen molar-refractivity contribution in [1.82, 2.24) is 4.98 Å². The maximum atomic E-state index is 12.6. The van der Waals surface area contributed by atoms with Gasteiger partial charge in [0.25, 0.3) is 0 Å². The lowest BCUT2D eigenvalue weighted by molar-refractivity contribution is -0.221. The Morgan fingerprint density at radius 1 is 1.53 bits per heavy atom. The zero-order valence-corrected chi connectivity index (χ0v) is 9.72. The smallest absolute Gasteiger partial charge is 0.416 e. The van der Waals surface area contributed by atoms with Gasteiger partial charge in [-0.1, -0.05) is 0 Å². The number of morpholine rings is 1. The quantitative estimate of drug-likeness (QED) is 0.888. The van der Waals surface area contributed by atoms with Gasteiger partial charge in [-0.3, -0.25) is 0 Å². The number of pyridine rings is 1. The van der Waals surface area contributed by atoms with E-state index in [1.165, 1.54) is 23.2 Å². The van der Waals surface area contributed by atoms with Gasteiger partial charge in [0, 0.05) is 12.7 Å². The van der Waals surface area contributed by atoms with Crippen molar-refractivity contribution in [3.05, 3.63) is 23.9 Å². The third-order valence-electron chi connectivity index (χ3n) is 2.75. The van der Waals surface area contributed by atoms with Crippen molar-refractivity contribution in [2.24, 2.45) is 0 Å². The van der Waals surface area contributed by atoms with Crippen molar-refractivity contribution in [3.8, 4) is 0 Å². The van der Waals surface area contributed by atoms with Crippen LogP contribution in [0.5, 0.6) is 0 Å². The maximum absolute atomic E-state index is 12.6.